The van der Waals surface area contributed by atoms with Crippen molar-refractivity contribution in [3.8, 4) is 0 Å². The van der Waals surface area contributed by atoms with Gasteiger partial charge in [-0.15, -0.1) is 0 Å². The first-order valence-electron chi connectivity index (χ1n) is 4.69. The molecule has 2 aromatic heterocycles. The zero-order valence-corrected chi connectivity index (χ0v) is 9.58. The molecule has 0 aliphatic heterocycles. The van der Waals surface area contributed by atoms with Gasteiger partial charge in [-0.3, -0.25) is 5.10 Å². The van der Waals surface area contributed by atoms with Crippen LogP contribution in [-0.2, 0) is 0 Å². The van der Waals surface area contributed by atoms with Gasteiger partial charge in [0.1, 0.15) is 5.82 Å². The molecule has 15 heavy (non-hydrogen) atoms. The number of aromatic nitrogens is 4. The molecule has 0 amide bonds. The fourth-order valence-electron chi connectivity index (χ4n) is 1.31. The molecule has 80 valence electrons. The van der Waals surface area contributed by atoms with Gasteiger partial charge >= 0.3 is 0 Å². The zero-order chi connectivity index (χ0) is 11.0. The van der Waals surface area contributed by atoms with Crippen LogP contribution in [-0.4, -0.2) is 33.3 Å². The minimum Gasteiger partial charge on any atom is -0.356 e. The molecule has 0 spiro atoms. The topological polar surface area (TPSA) is 57.7 Å². The van der Waals surface area contributed by atoms with Gasteiger partial charge < -0.3 is 4.90 Å². The van der Waals surface area contributed by atoms with E-state index in [0.29, 0.717) is 11.7 Å². The van der Waals surface area contributed by atoms with Crippen LogP contribution in [0.3, 0.4) is 0 Å². The molecule has 0 aliphatic carbocycles. The van der Waals surface area contributed by atoms with Crippen molar-refractivity contribution in [2.75, 3.05) is 11.9 Å². The van der Waals surface area contributed by atoms with Crippen LogP contribution in [0.4, 0.5) is 5.82 Å². The molecule has 6 heteroatoms. The average molecular weight is 226 g/mol. The van der Waals surface area contributed by atoms with E-state index in [2.05, 4.69) is 34.0 Å². The van der Waals surface area contributed by atoms with Crippen molar-refractivity contribution in [1.29, 1.82) is 0 Å². The molecular weight excluding hydrogens is 214 g/mol. The number of halogens is 1. The van der Waals surface area contributed by atoms with E-state index in [0.717, 1.165) is 11.2 Å². The number of H-pyrrole nitrogens is 1. The molecule has 0 radical (unpaired) electrons. The van der Waals surface area contributed by atoms with E-state index in [1.54, 1.807) is 6.20 Å². The maximum Gasteiger partial charge on any atom is 0.226 e. The van der Waals surface area contributed by atoms with E-state index in [1.165, 1.54) is 0 Å². The van der Waals surface area contributed by atoms with Crippen LogP contribution >= 0.6 is 11.6 Å². The van der Waals surface area contributed by atoms with Crippen molar-refractivity contribution in [2.45, 2.75) is 19.9 Å². The maximum absolute atomic E-state index is 5.83. The minimum absolute atomic E-state index is 0.231. The Morgan fingerprint density at radius 3 is 2.80 bits per heavy atom. The molecular formula is C9H12ClN5. The predicted molar refractivity (Wildman–Crippen MR) is 60.2 cm³/mol. The maximum atomic E-state index is 5.83. The van der Waals surface area contributed by atoms with E-state index in [-0.39, 0.29) is 5.28 Å². The Kier molecular flexibility index (Phi) is 2.48. The van der Waals surface area contributed by atoms with Crippen molar-refractivity contribution in [2.24, 2.45) is 0 Å². The summed E-state index contributed by atoms with van der Waals surface area (Å²) in [5, 5.41) is 7.83. The molecule has 0 saturated carbocycles. The lowest BCUT2D eigenvalue weighted by Gasteiger charge is -2.22. The fraction of sp³-hybridized carbons (Fsp3) is 0.444. The molecule has 5 nitrogen and oxygen atoms in total. The summed E-state index contributed by atoms with van der Waals surface area (Å²) >= 11 is 5.83. The summed E-state index contributed by atoms with van der Waals surface area (Å²) < 4.78 is 0. The van der Waals surface area contributed by atoms with Crippen LogP contribution in [0.15, 0.2) is 6.20 Å². The Hall–Kier alpha value is -1.36. The lowest BCUT2D eigenvalue weighted by atomic mass is 10.3. The van der Waals surface area contributed by atoms with E-state index < -0.39 is 0 Å². The third kappa shape index (κ3) is 1.74. The highest BCUT2D eigenvalue weighted by atomic mass is 35.5. The van der Waals surface area contributed by atoms with Crippen molar-refractivity contribution in [3.05, 3.63) is 11.5 Å². The molecule has 2 aromatic rings. The van der Waals surface area contributed by atoms with Crippen LogP contribution in [0.5, 0.6) is 0 Å². The molecule has 0 unspecified atom stereocenters. The first kappa shape index (κ1) is 10.2. The van der Waals surface area contributed by atoms with Crippen molar-refractivity contribution >= 4 is 28.5 Å². The summed E-state index contributed by atoms with van der Waals surface area (Å²) in [4.78, 5) is 10.3. The first-order valence-corrected chi connectivity index (χ1v) is 5.07. The number of nitrogens with one attached hydrogen (secondary N) is 1. The number of rotatable bonds is 2. The third-order valence-corrected chi connectivity index (χ3v) is 2.54. The summed E-state index contributed by atoms with van der Waals surface area (Å²) in [6, 6.07) is 0.342. The van der Waals surface area contributed by atoms with E-state index >= 15 is 0 Å². The van der Waals surface area contributed by atoms with Crippen molar-refractivity contribution in [3.63, 3.8) is 0 Å². The van der Waals surface area contributed by atoms with E-state index in [9.17, 15) is 0 Å². The summed E-state index contributed by atoms with van der Waals surface area (Å²) in [5.41, 5.74) is 0.664. The number of hydrogen-bond acceptors (Lipinski definition) is 4. The Labute approximate surface area is 92.5 Å². The molecule has 2 rings (SSSR count). The number of fused-ring (bicyclic) bond motifs is 1. The molecule has 0 aliphatic rings. The van der Waals surface area contributed by atoms with Gasteiger partial charge in [-0.1, -0.05) is 0 Å². The van der Waals surface area contributed by atoms with Gasteiger partial charge in [0, 0.05) is 13.1 Å². The highest BCUT2D eigenvalue weighted by Crippen LogP contribution is 2.23. The monoisotopic (exact) mass is 225 g/mol. The lowest BCUT2D eigenvalue weighted by Crippen LogP contribution is -2.26. The van der Waals surface area contributed by atoms with Crippen LogP contribution in [0, 0.1) is 0 Å². The van der Waals surface area contributed by atoms with Crippen LogP contribution in [0.2, 0.25) is 5.28 Å². The molecule has 0 aromatic carbocycles. The van der Waals surface area contributed by atoms with Crippen LogP contribution < -0.4 is 4.90 Å². The van der Waals surface area contributed by atoms with E-state index in [1.807, 2.05) is 11.9 Å². The van der Waals surface area contributed by atoms with E-state index in [4.69, 9.17) is 11.6 Å². The quantitative estimate of drug-likeness (QED) is 0.793. The highest BCUT2D eigenvalue weighted by molar-refractivity contribution is 6.28. The Bertz CT molecular complexity index is 478. The summed E-state index contributed by atoms with van der Waals surface area (Å²) in [7, 11) is 1.97. The van der Waals surface area contributed by atoms with Crippen molar-refractivity contribution < 1.29 is 0 Å². The minimum atomic E-state index is 0.231. The lowest BCUT2D eigenvalue weighted by molar-refractivity contribution is 0.745. The number of nitrogens with zero attached hydrogens (tertiary/aromatic N) is 4. The fourth-order valence-corrected chi connectivity index (χ4v) is 1.47. The molecule has 0 bridgehead atoms. The smallest absolute Gasteiger partial charge is 0.226 e. The summed E-state index contributed by atoms with van der Waals surface area (Å²) in [6.45, 7) is 4.17. The molecule has 0 saturated heterocycles. The predicted octanol–water partition coefficient (Wildman–Crippen LogP) is 1.85. The molecule has 1 N–H and O–H groups in total. The van der Waals surface area contributed by atoms with Gasteiger partial charge in [-0.2, -0.15) is 15.1 Å². The largest absolute Gasteiger partial charge is 0.356 e. The van der Waals surface area contributed by atoms with Gasteiger partial charge in [-0.05, 0) is 25.4 Å². The van der Waals surface area contributed by atoms with Gasteiger partial charge in [0.25, 0.3) is 0 Å². The number of aromatic amines is 1. The van der Waals surface area contributed by atoms with Gasteiger partial charge in [0.2, 0.25) is 5.28 Å². The summed E-state index contributed by atoms with van der Waals surface area (Å²) in [6.07, 6.45) is 1.71. The molecule has 0 atom stereocenters. The number of anilines is 1. The second-order valence-electron chi connectivity index (χ2n) is 3.65. The van der Waals surface area contributed by atoms with Crippen molar-refractivity contribution in [1.82, 2.24) is 20.2 Å². The third-order valence-electron chi connectivity index (χ3n) is 2.37. The Balaban J connectivity index is 2.62. The SMILES string of the molecule is CC(C)N(C)c1nc(Cl)nc2[nH]ncc12. The first-order chi connectivity index (χ1) is 7.09. The summed E-state index contributed by atoms with van der Waals surface area (Å²) in [5.74, 6) is 0.800. The van der Waals surface area contributed by atoms with Gasteiger partial charge in [0.05, 0.1) is 11.6 Å². The molecule has 2 heterocycles. The Morgan fingerprint density at radius 1 is 1.40 bits per heavy atom. The Morgan fingerprint density at radius 2 is 2.13 bits per heavy atom. The van der Waals surface area contributed by atoms with Crippen LogP contribution in [0.25, 0.3) is 11.0 Å². The standard InChI is InChI=1S/C9H12ClN5/c1-5(2)15(3)8-6-4-11-14-7(6)12-9(10)13-8/h4-5H,1-3H3,(H,11,12,13,14). The van der Waals surface area contributed by atoms with Gasteiger partial charge in [-0.25, -0.2) is 0 Å². The van der Waals surface area contributed by atoms with Crippen LogP contribution in [0.1, 0.15) is 13.8 Å². The highest BCUT2D eigenvalue weighted by Gasteiger charge is 2.14. The van der Waals surface area contributed by atoms with Gasteiger partial charge in [0.15, 0.2) is 5.65 Å². The second-order valence-corrected chi connectivity index (χ2v) is 3.99. The zero-order valence-electron chi connectivity index (χ0n) is 8.82. The normalized spacial score (nSPS) is 11.3. The average Bonchev–Trinajstić information content (AvgIpc) is 2.62. The second kappa shape index (κ2) is 3.66. The molecule has 0 fully saturated rings. The number of hydrogen-bond donors (Lipinski definition) is 1.